The van der Waals surface area contributed by atoms with Gasteiger partial charge in [-0.1, -0.05) is 18.2 Å². The number of halogens is 3. The fourth-order valence-electron chi connectivity index (χ4n) is 1.98. The van der Waals surface area contributed by atoms with Crippen molar-refractivity contribution in [2.24, 2.45) is 0 Å². The minimum atomic E-state index is -4.48. The van der Waals surface area contributed by atoms with Crippen molar-refractivity contribution in [3.05, 3.63) is 65.5 Å². The van der Waals surface area contributed by atoms with Crippen molar-refractivity contribution in [1.29, 1.82) is 0 Å². The maximum absolute atomic E-state index is 12.6. The zero-order chi connectivity index (χ0) is 17.6. The number of carbonyl (C=O) groups is 1. The summed E-state index contributed by atoms with van der Waals surface area (Å²) in [6.45, 7) is 0.0412. The van der Waals surface area contributed by atoms with Crippen molar-refractivity contribution in [1.82, 2.24) is 15.6 Å². The zero-order valence-electron chi connectivity index (χ0n) is 12.5. The Morgan fingerprint density at radius 1 is 1.21 bits per heavy atom. The summed E-state index contributed by atoms with van der Waals surface area (Å²) in [5.74, 6) is 0. The first-order chi connectivity index (χ1) is 11.4. The molecule has 3 N–H and O–H groups in total. The summed E-state index contributed by atoms with van der Waals surface area (Å²) < 4.78 is 37.9. The third-order valence-corrected chi connectivity index (χ3v) is 3.23. The second kappa shape index (κ2) is 7.78. The van der Waals surface area contributed by atoms with Gasteiger partial charge in [0.05, 0.1) is 11.7 Å². The molecule has 0 aliphatic heterocycles. The van der Waals surface area contributed by atoms with E-state index in [9.17, 15) is 23.1 Å². The summed E-state index contributed by atoms with van der Waals surface area (Å²) in [4.78, 5) is 15.5. The molecule has 0 aliphatic rings. The molecule has 2 amide bonds. The van der Waals surface area contributed by atoms with Gasteiger partial charge in [-0.3, -0.25) is 4.98 Å². The normalized spacial score (nSPS) is 12.5. The number of carbonyl (C=O) groups excluding carboxylic acids is 1. The van der Waals surface area contributed by atoms with Crippen molar-refractivity contribution in [3.63, 3.8) is 0 Å². The molecule has 0 saturated heterocycles. The van der Waals surface area contributed by atoms with Gasteiger partial charge in [0.1, 0.15) is 0 Å². The van der Waals surface area contributed by atoms with Gasteiger partial charge in [-0.25, -0.2) is 4.79 Å². The molecule has 0 radical (unpaired) electrons. The lowest BCUT2D eigenvalue weighted by Crippen LogP contribution is -2.37. The second-order valence-corrected chi connectivity index (χ2v) is 5.06. The molecule has 0 unspecified atom stereocenters. The van der Waals surface area contributed by atoms with Gasteiger partial charge in [-0.2, -0.15) is 13.2 Å². The fraction of sp³-hybridized carbons (Fsp3) is 0.250. The van der Waals surface area contributed by atoms with Crippen LogP contribution < -0.4 is 10.6 Å². The van der Waals surface area contributed by atoms with Crippen LogP contribution in [0.2, 0.25) is 0 Å². The van der Waals surface area contributed by atoms with E-state index in [1.54, 1.807) is 24.5 Å². The van der Waals surface area contributed by atoms with Gasteiger partial charge in [0.2, 0.25) is 0 Å². The molecular formula is C16H16F3N3O2. The van der Waals surface area contributed by atoms with Gasteiger partial charge in [-0.15, -0.1) is 0 Å². The van der Waals surface area contributed by atoms with E-state index >= 15 is 0 Å². The van der Waals surface area contributed by atoms with E-state index in [1.807, 2.05) is 0 Å². The van der Waals surface area contributed by atoms with Gasteiger partial charge in [0.15, 0.2) is 0 Å². The van der Waals surface area contributed by atoms with Crippen LogP contribution >= 0.6 is 0 Å². The molecule has 5 nitrogen and oxygen atoms in total. The molecule has 0 bridgehead atoms. The first kappa shape index (κ1) is 17.7. The first-order valence-corrected chi connectivity index (χ1v) is 7.12. The number of aliphatic hydroxyl groups excluding tert-OH is 1. The number of rotatable bonds is 5. The van der Waals surface area contributed by atoms with Gasteiger partial charge in [0, 0.05) is 25.5 Å². The minimum Gasteiger partial charge on any atom is -0.387 e. The Morgan fingerprint density at radius 2 is 2.00 bits per heavy atom. The summed E-state index contributed by atoms with van der Waals surface area (Å²) >= 11 is 0. The number of benzene rings is 1. The molecule has 0 aliphatic carbocycles. The lowest BCUT2D eigenvalue weighted by molar-refractivity contribution is -0.137. The number of hydrogen-bond donors (Lipinski definition) is 3. The smallest absolute Gasteiger partial charge is 0.387 e. The van der Waals surface area contributed by atoms with Crippen LogP contribution in [0.1, 0.15) is 22.8 Å². The Hall–Kier alpha value is -2.61. The monoisotopic (exact) mass is 339 g/mol. The van der Waals surface area contributed by atoms with E-state index in [-0.39, 0.29) is 18.7 Å². The number of urea groups is 1. The van der Waals surface area contributed by atoms with Crippen LogP contribution in [-0.2, 0) is 12.7 Å². The first-order valence-electron chi connectivity index (χ1n) is 7.12. The topological polar surface area (TPSA) is 74.2 Å². The molecule has 1 aromatic heterocycles. The van der Waals surface area contributed by atoms with Crippen LogP contribution in [0.3, 0.4) is 0 Å². The van der Waals surface area contributed by atoms with Crippen molar-refractivity contribution in [2.75, 3.05) is 6.54 Å². The Labute approximate surface area is 136 Å². The maximum atomic E-state index is 12.6. The summed E-state index contributed by atoms with van der Waals surface area (Å²) in [5.41, 5.74) is 0.0311. The Bertz CT molecular complexity index is 678. The third kappa shape index (κ3) is 5.24. The SMILES string of the molecule is O=C(NCc1cccnc1)NC[C@@H](O)c1cccc(C(F)(F)F)c1. The number of nitrogens with zero attached hydrogens (tertiary/aromatic N) is 1. The van der Waals surface area contributed by atoms with Crippen molar-refractivity contribution >= 4 is 6.03 Å². The average molecular weight is 339 g/mol. The van der Waals surface area contributed by atoms with Crippen LogP contribution in [0.4, 0.5) is 18.0 Å². The van der Waals surface area contributed by atoms with Crippen LogP contribution in [-0.4, -0.2) is 22.7 Å². The molecule has 0 spiro atoms. The predicted octanol–water partition coefficient (Wildman–Crippen LogP) is 2.63. The molecule has 0 fully saturated rings. The quantitative estimate of drug-likeness (QED) is 0.784. The lowest BCUT2D eigenvalue weighted by Gasteiger charge is -2.15. The van der Waals surface area contributed by atoms with Crippen LogP contribution in [0.25, 0.3) is 0 Å². The molecule has 24 heavy (non-hydrogen) atoms. The van der Waals surface area contributed by atoms with E-state index in [0.29, 0.717) is 0 Å². The number of nitrogens with one attached hydrogen (secondary N) is 2. The molecule has 0 saturated carbocycles. The van der Waals surface area contributed by atoms with Crippen molar-refractivity contribution in [2.45, 2.75) is 18.8 Å². The predicted molar refractivity (Wildman–Crippen MR) is 80.9 cm³/mol. The Kier molecular flexibility index (Phi) is 5.75. The van der Waals surface area contributed by atoms with Gasteiger partial charge in [-0.05, 0) is 29.3 Å². The van der Waals surface area contributed by atoms with Crippen molar-refractivity contribution in [3.8, 4) is 0 Å². The fourth-order valence-corrected chi connectivity index (χ4v) is 1.98. The van der Waals surface area contributed by atoms with Gasteiger partial charge < -0.3 is 15.7 Å². The van der Waals surface area contributed by atoms with E-state index < -0.39 is 23.9 Å². The van der Waals surface area contributed by atoms with Crippen molar-refractivity contribution < 1.29 is 23.1 Å². The number of amides is 2. The molecule has 1 atom stereocenters. The molecule has 1 heterocycles. The summed E-state index contributed by atoms with van der Waals surface area (Å²) in [7, 11) is 0. The van der Waals surface area contributed by atoms with E-state index in [4.69, 9.17) is 0 Å². The maximum Gasteiger partial charge on any atom is 0.416 e. The summed E-state index contributed by atoms with van der Waals surface area (Å²) in [5, 5.41) is 14.9. The molecule has 2 aromatic rings. The van der Waals surface area contributed by atoms with Gasteiger partial charge >= 0.3 is 12.2 Å². The van der Waals surface area contributed by atoms with Gasteiger partial charge in [0.25, 0.3) is 0 Å². The van der Waals surface area contributed by atoms with E-state index in [2.05, 4.69) is 15.6 Å². The second-order valence-electron chi connectivity index (χ2n) is 5.06. The van der Waals surface area contributed by atoms with E-state index in [0.717, 1.165) is 17.7 Å². The summed E-state index contributed by atoms with van der Waals surface area (Å²) in [6, 6.07) is 7.34. The molecule has 128 valence electrons. The van der Waals surface area contributed by atoms with Crippen LogP contribution in [0.15, 0.2) is 48.8 Å². The minimum absolute atomic E-state index is 0.0809. The molecular weight excluding hydrogens is 323 g/mol. The highest BCUT2D eigenvalue weighted by molar-refractivity contribution is 5.73. The zero-order valence-corrected chi connectivity index (χ0v) is 12.5. The number of alkyl halides is 3. The third-order valence-electron chi connectivity index (χ3n) is 3.23. The number of aromatic nitrogens is 1. The average Bonchev–Trinajstić information content (AvgIpc) is 2.58. The number of aliphatic hydroxyl groups is 1. The lowest BCUT2D eigenvalue weighted by atomic mass is 10.1. The number of hydrogen-bond acceptors (Lipinski definition) is 3. The summed E-state index contributed by atoms with van der Waals surface area (Å²) in [6.07, 6.45) is -2.52. The standard InChI is InChI=1S/C16H16F3N3O2/c17-16(18,19)13-5-1-4-12(7-13)14(23)10-22-15(24)21-9-11-3-2-6-20-8-11/h1-8,14,23H,9-10H2,(H2,21,22,24)/t14-/m1/s1. The molecule has 2 rings (SSSR count). The highest BCUT2D eigenvalue weighted by Crippen LogP contribution is 2.30. The Morgan fingerprint density at radius 3 is 2.67 bits per heavy atom. The molecule has 8 heteroatoms. The largest absolute Gasteiger partial charge is 0.416 e. The highest BCUT2D eigenvalue weighted by atomic mass is 19.4. The number of pyridine rings is 1. The molecule has 1 aromatic carbocycles. The van der Waals surface area contributed by atoms with Crippen LogP contribution in [0.5, 0.6) is 0 Å². The van der Waals surface area contributed by atoms with Crippen LogP contribution in [0, 0.1) is 0 Å². The Balaban J connectivity index is 1.84. The van der Waals surface area contributed by atoms with E-state index in [1.165, 1.54) is 12.1 Å². The highest BCUT2D eigenvalue weighted by Gasteiger charge is 2.30.